The van der Waals surface area contributed by atoms with E-state index in [0.717, 1.165) is 11.1 Å². The highest BCUT2D eigenvalue weighted by atomic mass is 19.1. The third-order valence-corrected chi connectivity index (χ3v) is 3.73. The Hall–Kier alpha value is -2.11. The van der Waals surface area contributed by atoms with Gasteiger partial charge in [-0.05, 0) is 37.6 Å². The second-order valence-corrected chi connectivity index (χ2v) is 6.26. The van der Waals surface area contributed by atoms with Crippen LogP contribution in [0.2, 0.25) is 0 Å². The number of rotatable bonds is 8. The highest BCUT2D eigenvalue weighted by molar-refractivity contribution is 5.46. The van der Waals surface area contributed by atoms with Crippen LogP contribution >= 0.6 is 0 Å². The molecule has 0 aliphatic rings. The molecule has 0 radical (unpaired) electrons. The zero-order valence-electron chi connectivity index (χ0n) is 14.3. The first-order chi connectivity index (χ1) is 11.4. The van der Waals surface area contributed by atoms with Gasteiger partial charge in [0.25, 0.3) is 0 Å². The molecule has 0 unspecified atom stereocenters. The number of nitrogens with one attached hydrogen (secondary N) is 1. The van der Waals surface area contributed by atoms with Crippen LogP contribution in [0.15, 0.2) is 42.5 Å². The third-order valence-electron chi connectivity index (χ3n) is 3.73. The van der Waals surface area contributed by atoms with E-state index >= 15 is 0 Å². The molecule has 24 heavy (non-hydrogen) atoms. The Kier molecular flexibility index (Phi) is 6.17. The molecule has 4 nitrogen and oxygen atoms in total. The van der Waals surface area contributed by atoms with Gasteiger partial charge >= 0.3 is 0 Å². The number of para-hydroxylation sites is 1. The number of halogens is 1. The minimum atomic E-state index is -0.392. The van der Waals surface area contributed by atoms with E-state index in [0.29, 0.717) is 24.7 Å². The van der Waals surface area contributed by atoms with Crippen LogP contribution in [0.5, 0.6) is 11.5 Å². The highest BCUT2D eigenvalue weighted by Gasteiger charge is 2.17. The predicted octanol–water partition coefficient (Wildman–Crippen LogP) is 3.27. The Bertz CT molecular complexity index is 656. The number of aliphatic hydroxyl groups excluding tert-OH is 1. The fourth-order valence-corrected chi connectivity index (χ4v) is 2.15. The highest BCUT2D eigenvalue weighted by Crippen LogP contribution is 2.32. The molecule has 0 aromatic heterocycles. The topological polar surface area (TPSA) is 50.7 Å². The van der Waals surface area contributed by atoms with Crippen LogP contribution < -0.4 is 14.8 Å². The lowest BCUT2D eigenvalue weighted by Crippen LogP contribution is -2.42. The van der Waals surface area contributed by atoms with E-state index in [1.807, 2.05) is 32.0 Å². The summed E-state index contributed by atoms with van der Waals surface area (Å²) in [4.78, 5) is 0. The Labute approximate surface area is 142 Å². The van der Waals surface area contributed by atoms with Gasteiger partial charge in [0, 0.05) is 17.6 Å². The number of methoxy groups -OCH3 is 1. The Balaban J connectivity index is 2.15. The first kappa shape index (κ1) is 18.2. The number of ether oxygens (including phenoxy) is 2. The quantitative estimate of drug-likeness (QED) is 0.778. The summed E-state index contributed by atoms with van der Waals surface area (Å²) in [6.07, 6.45) is 0. The van der Waals surface area contributed by atoms with Gasteiger partial charge in [-0.2, -0.15) is 0 Å². The molecule has 0 saturated carbocycles. The summed E-state index contributed by atoms with van der Waals surface area (Å²) >= 11 is 0. The van der Waals surface area contributed by atoms with E-state index in [2.05, 4.69) is 5.32 Å². The summed E-state index contributed by atoms with van der Waals surface area (Å²) in [5.74, 6) is 1.01. The average Bonchev–Trinajstić information content (AvgIpc) is 2.59. The van der Waals surface area contributed by atoms with Crippen molar-refractivity contribution < 1.29 is 19.0 Å². The Morgan fingerprint density at radius 3 is 2.46 bits per heavy atom. The van der Waals surface area contributed by atoms with Crippen molar-refractivity contribution in [2.75, 3.05) is 13.7 Å². The molecule has 0 atom stereocenters. The van der Waals surface area contributed by atoms with E-state index in [-0.39, 0.29) is 12.4 Å². The fraction of sp³-hybridized carbons (Fsp3) is 0.368. The molecule has 0 aliphatic carbocycles. The first-order valence-corrected chi connectivity index (χ1v) is 7.84. The molecule has 0 saturated heterocycles. The van der Waals surface area contributed by atoms with E-state index < -0.39 is 5.54 Å². The molecule has 0 aliphatic heterocycles. The van der Waals surface area contributed by atoms with E-state index in [1.54, 1.807) is 19.2 Å². The van der Waals surface area contributed by atoms with Gasteiger partial charge in [0.05, 0.1) is 13.7 Å². The minimum absolute atomic E-state index is 0.0305. The Morgan fingerprint density at radius 1 is 1.12 bits per heavy atom. The molecule has 2 aromatic rings. The van der Waals surface area contributed by atoms with Gasteiger partial charge in [-0.25, -0.2) is 4.39 Å². The van der Waals surface area contributed by atoms with E-state index in [1.165, 1.54) is 12.1 Å². The second-order valence-electron chi connectivity index (χ2n) is 6.26. The Morgan fingerprint density at radius 2 is 1.83 bits per heavy atom. The van der Waals surface area contributed by atoms with Crippen molar-refractivity contribution in [1.29, 1.82) is 0 Å². The van der Waals surface area contributed by atoms with Gasteiger partial charge in [0.15, 0.2) is 11.5 Å². The molecule has 0 amide bonds. The summed E-state index contributed by atoms with van der Waals surface area (Å²) < 4.78 is 24.3. The molecule has 2 N–H and O–H groups in total. The number of hydrogen-bond donors (Lipinski definition) is 2. The van der Waals surface area contributed by atoms with Crippen molar-refractivity contribution in [1.82, 2.24) is 5.32 Å². The maximum Gasteiger partial charge on any atom is 0.166 e. The van der Waals surface area contributed by atoms with E-state index in [9.17, 15) is 9.50 Å². The largest absolute Gasteiger partial charge is 0.493 e. The van der Waals surface area contributed by atoms with Gasteiger partial charge in [-0.3, -0.25) is 0 Å². The van der Waals surface area contributed by atoms with Crippen LogP contribution in [-0.2, 0) is 13.2 Å². The van der Waals surface area contributed by atoms with E-state index in [4.69, 9.17) is 9.47 Å². The van der Waals surface area contributed by atoms with Crippen LogP contribution in [0.4, 0.5) is 4.39 Å². The maximum atomic E-state index is 13.0. The summed E-state index contributed by atoms with van der Waals surface area (Å²) in [7, 11) is 1.59. The van der Waals surface area contributed by atoms with Crippen LogP contribution in [0, 0.1) is 5.82 Å². The van der Waals surface area contributed by atoms with Gasteiger partial charge < -0.3 is 19.9 Å². The van der Waals surface area contributed by atoms with Gasteiger partial charge in [-0.1, -0.05) is 24.3 Å². The zero-order chi connectivity index (χ0) is 17.6. The molecular formula is C19H24FNO3. The van der Waals surface area contributed by atoms with Crippen molar-refractivity contribution in [3.8, 4) is 11.5 Å². The smallest absolute Gasteiger partial charge is 0.166 e. The SMILES string of the molecule is COc1cccc(CNC(C)(C)CO)c1OCc1ccc(F)cc1. The maximum absolute atomic E-state index is 13.0. The molecule has 0 heterocycles. The standard InChI is InChI=1S/C19H24FNO3/c1-19(2,13-22)21-11-15-5-4-6-17(23-3)18(15)24-12-14-7-9-16(20)10-8-14/h4-10,21-22H,11-13H2,1-3H3. The van der Waals surface area contributed by atoms with Crippen LogP contribution in [-0.4, -0.2) is 24.4 Å². The summed E-state index contributed by atoms with van der Waals surface area (Å²) in [5.41, 5.74) is 1.41. The average molecular weight is 333 g/mol. The van der Waals surface area contributed by atoms with Crippen molar-refractivity contribution in [2.24, 2.45) is 0 Å². The fourth-order valence-electron chi connectivity index (χ4n) is 2.15. The van der Waals surface area contributed by atoms with Gasteiger partial charge in [-0.15, -0.1) is 0 Å². The molecular weight excluding hydrogens is 309 g/mol. The minimum Gasteiger partial charge on any atom is -0.493 e. The molecule has 2 aromatic carbocycles. The van der Waals surface area contributed by atoms with Gasteiger partial charge in [0.2, 0.25) is 0 Å². The molecule has 0 spiro atoms. The molecule has 0 bridgehead atoms. The second kappa shape index (κ2) is 8.13. The zero-order valence-corrected chi connectivity index (χ0v) is 14.3. The van der Waals surface area contributed by atoms with Crippen LogP contribution in [0.1, 0.15) is 25.0 Å². The summed E-state index contributed by atoms with van der Waals surface area (Å²) in [5, 5.41) is 12.7. The van der Waals surface area contributed by atoms with Crippen molar-refractivity contribution in [3.63, 3.8) is 0 Å². The molecule has 130 valence electrons. The third kappa shape index (κ3) is 4.94. The summed E-state index contributed by atoms with van der Waals surface area (Å²) in [6.45, 7) is 4.72. The number of hydrogen-bond acceptors (Lipinski definition) is 4. The lowest BCUT2D eigenvalue weighted by Gasteiger charge is -2.24. The first-order valence-electron chi connectivity index (χ1n) is 7.84. The molecule has 2 rings (SSSR count). The van der Waals surface area contributed by atoms with Crippen LogP contribution in [0.3, 0.4) is 0 Å². The predicted molar refractivity (Wildman–Crippen MR) is 91.7 cm³/mol. The summed E-state index contributed by atoms with van der Waals surface area (Å²) in [6, 6.07) is 11.9. The van der Waals surface area contributed by atoms with Crippen LogP contribution in [0.25, 0.3) is 0 Å². The number of benzene rings is 2. The van der Waals surface area contributed by atoms with Crippen molar-refractivity contribution in [3.05, 3.63) is 59.4 Å². The number of aliphatic hydroxyl groups is 1. The van der Waals surface area contributed by atoms with Crippen molar-refractivity contribution in [2.45, 2.75) is 32.5 Å². The lowest BCUT2D eigenvalue weighted by molar-refractivity contribution is 0.186. The molecule has 0 fully saturated rings. The van der Waals surface area contributed by atoms with Crippen molar-refractivity contribution >= 4 is 0 Å². The lowest BCUT2D eigenvalue weighted by atomic mass is 10.1. The monoisotopic (exact) mass is 333 g/mol. The molecule has 5 heteroatoms. The normalized spacial score (nSPS) is 11.4. The van der Waals surface area contributed by atoms with Gasteiger partial charge in [0.1, 0.15) is 12.4 Å².